The predicted octanol–water partition coefficient (Wildman–Crippen LogP) is 11.0. The molecule has 0 fully saturated rings. The van der Waals surface area contributed by atoms with Crippen molar-refractivity contribution in [1.82, 2.24) is 9.97 Å². The molecule has 6 heteroatoms. The average molecular weight is 832 g/mol. The summed E-state index contributed by atoms with van der Waals surface area (Å²) in [5.41, 5.74) is 10.0. The van der Waals surface area contributed by atoms with E-state index in [9.17, 15) is 4.39 Å². The summed E-state index contributed by atoms with van der Waals surface area (Å²) < 4.78 is 37.8. The number of aromatic nitrogens is 2. The average Bonchev–Trinajstić information content (AvgIpc) is 3.42. The van der Waals surface area contributed by atoms with Crippen molar-refractivity contribution in [3.63, 3.8) is 0 Å². The van der Waals surface area contributed by atoms with Crippen LogP contribution in [0.1, 0.15) is 26.4 Å². The Morgan fingerprint density at radius 3 is 2.23 bits per heavy atom. The molecule has 0 unspecified atom stereocenters. The first kappa shape index (κ1) is 30.5. The minimum absolute atomic E-state index is 0. The van der Waals surface area contributed by atoms with E-state index >= 15 is 0 Å². The van der Waals surface area contributed by atoms with Gasteiger partial charge in [0.1, 0.15) is 5.82 Å². The Kier molecular flexibility index (Phi) is 9.18. The molecule has 0 saturated carbocycles. The number of thiophene rings is 1. The summed E-state index contributed by atoms with van der Waals surface area (Å²) in [5, 5.41) is 3.50. The third kappa shape index (κ3) is 7.52. The SMILES string of the molecule is Cc1cc(C)c(-c2ccnc(-c3[c-]ccc4c3sc3cc(F)ccc34)c2)c(C)c1.[2H]C([2H])([2H])c1c[c-]c(-c2ccc([Si](C)(C)C)cn2)cc1.[Ir]. The van der Waals surface area contributed by atoms with Crippen molar-refractivity contribution < 1.29 is 28.6 Å². The van der Waals surface area contributed by atoms with E-state index in [4.69, 9.17) is 4.11 Å². The van der Waals surface area contributed by atoms with E-state index in [1.54, 1.807) is 29.5 Å². The Morgan fingerprint density at radius 1 is 0.787 bits per heavy atom. The van der Waals surface area contributed by atoms with Crippen LogP contribution in [0.25, 0.3) is 53.8 Å². The van der Waals surface area contributed by atoms with Gasteiger partial charge < -0.3 is 9.97 Å². The van der Waals surface area contributed by atoms with Crippen LogP contribution in [-0.4, -0.2) is 18.0 Å². The van der Waals surface area contributed by atoms with E-state index in [0.717, 1.165) is 48.3 Å². The van der Waals surface area contributed by atoms with Crippen molar-refractivity contribution in [2.45, 2.75) is 47.3 Å². The summed E-state index contributed by atoms with van der Waals surface area (Å²) in [7, 11) is -1.34. The molecule has 0 N–H and O–H groups in total. The Bertz CT molecular complexity index is 2220. The first-order valence-electron chi connectivity index (χ1n) is 16.8. The van der Waals surface area contributed by atoms with Gasteiger partial charge in [0.2, 0.25) is 0 Å². The Hall–Kier alpha value is -3.80. The molecule has 0 aliphatic carbocycles. The van der Waals surface area contributed by atoms with Crippen molar-refractivity contribution in [2.24, 2.45) is 0 Å². The number of aryl methyl sites for hydroxylation is 4. The zero-order valence-electron chi connectivity index (χ0n) is 30.3. The van der Waals surface area contributed by atoms with Gasteiger partial charge in [-0.1, -0.05) is 73.8 Å². The second-order valence-corrected chi connectivity index (χ2v) is 18.8. The summed E-state index contributed by atoms with van der Waals surface area (Å²) in [5.74, 6) is -0.208. The van der Waals surface area contributed by atoms with Crippen molar-refractivity contribution in [3.8, 4) is 33.6 Å². The van der Waals surface area contributed by atoms with Gasteiger partial charge in [0.25, 0.3) is 0 Å². The molecule has 3 heterocycles. The first-order valence-corrected chi connectivity index (χ1v) is 19.6. The molecule has 7 aromatic rings. The van der Waals surface area contributed by atoms with E-state index in [0.29, 0.717) is 5.56 Å². The largest absolute Gasteiger partial charge is 0.305 e. The summed E-state index contributed by atoms with van der Waals surface area (Å²) in [6.45, 7) is 11.2. The van der Waals surface area contributed by atoms with Crippen LogP contribution in [0.5, 0.6) is 0 Å². The smallest absolute Gasteiger partial charge is 0.124 e. The van der Waals surface area contributed by atoms with Crippen LogP contribution in [-0.2, 0) is 20.1 Å². The monoisotopic (exact) mass is 832 g/mol. The zero-order chi connectivity index (χ0) is 35.1. The van der Waals surface area contributed by atoms with Crippen molar-refractivity contribution >= 4 is 44.8 Å². The van der Waals surface area contributed by atoms with E-state index < -0.39 is 14.9 Å². The van der Waals surface area contributed by atoms with E-state index in [2.05, 4.69) is 92.8 Å². The van der Waals surface area contributed by atoms with Gasteiger partial charge in [-0.15, -0.1) is 59.2 Å². The molecule has 0 aliphatic rings. The fourth-order valence-electron chi connectivity index (χ4n) is 5.84. The number of fused-ring (bicyclic) bond motifs is 3. The van der Waals surface area contributed by atoms with Crippen LogP contribution >= 0.6 is 11.3 Å². The van der Waals surface area contributed by atoms with Crippen LogP contribution in [0, 0.1) is 45.6 Å². The number of halogens is 1. The normalized spacial score (nSPS) is 12.4. The summed E-state index contributed by atoms with van der Waals surface area (Å²) in [4.78, 5) is 9.12. The molecule has 7 rings (SSSR count). The standard InChI is InChI=1S/C26H19FNS.C15H18NSi.Ir/c1-15-11-16(2)25(17(3)12-15)18-9-10-28-23(13-18)22-6-4-5-21-20-8-7-19(27)14-24(20)29-26(21)22;1-12-5-7-13(8-6-12)15-10-9-14(11-16-15)17(2,3)4;/h4-5,7-14H,1-3H3;5-7,9-11H,1-4H3;/q2*-1;/i;1D3;. The van der Waals surface area contributed by atoms with Crippen molar-refractivity contribution in [2.75, 3.05) is 0 Å². The van der Waals surface area contributed by atoms with Gasteiger partial charge in [0.15, 0.2) is 0 Å². The molecular weight excluding hydrogens is 792 g/mol. The molecule has 0 atom stereocenters. The van der Waals surface area contributed by atoms with Gasteiger partial charge in [-0.25, -0.2) is 4.39 Å². The van der Waals surface area contributed by atoms with E-state index in [1.807, 2.05) is 36.7 Å². The van der Waals surface area contributed by atoms with Crippen LogP contribution in [0.3, 0.4) is 0 Å². The topological polar surface area (TPSA) is 25.8 Å². The molecule has 3 aromatic heterocycles. The number of nitrogens with zero attached hydrogens (tertiary/aromatic N) is 2. The van der Waals surface area contributed by atoms with Crippen LogP contribution in [0.4, 0.5) is 4.39 Å². The van der Waals surface area contributed by atoms with Gasteiger partial charge in [-0.3, -0.25) is 0 Å². The molecule has 4 aromatic carbocycles. The molecular formula is C41H37FIrN2SSi-2. The van der Waals surface area contributed by atoms with E-state index in [1.165, 1.54) is 39.6 Å². The zero-order valence-corrected chi connectivity index (χ0v) is 31.5. The fraction of sp³-hybridized carbons (Fsp3) is 0.171. The number of rotatable bonds is 4. The van der Waals surface area contributed by atoms with Gasteiger partial charge in [0, 0.05) is 41.3 Å². The number of hydrogen-bond donors (Lipinski definition) is 0. The maximum Gasteiger partial charge on any atom is 0.124 e. The van der Waals surface area contributed by atoms with Crippen molar-refractivity contribution in [1.29, 1.82) is 0 Å². The van der Waals surface area contributed by atoms with Gasteiger partial charge in [0.05, 0.1) is 8.07 Å². The third-order valence-electron chi connectivity index (χ3n) is 8.10. The minimum atomic E-state index is -2.08. The summed E-state index contributed by atoms with van der Waals surface area (Å²) >= 11 is 1.60. The second-order valence-electron chi connectivity index (χ2n) is 12.7. The Labute approximate surface area is 300 Å². The number of hydrogen-bond acceptors (Lipinski definition) is 3. The molecule has 47 heavy (non-hydrogen) atoms. The van der Waals surface area contributed by atoms with Crippen molar-refractivity contribution in [3.05, 3.63) is 138 Å². The molecule has 0 bridgehead atoms. The summed E-state index contributed by atoms with van der Waals surface area (Å²) in [6, 6.07) is 33.0. The molecule has 1 radical (unpaired) electrons. The third-order valence-corrected chi connectivity index (χ3v) is 11.3. The molecule has 239 valence electrons. The Morgan fingerprint density at radius 2 is 1.57 bits per heavy atom. The molecule has 0 spiro atoms. The predicted molar refractivity (Wildman–Crippen MR) is 197 cm³/mol. The maximum absolute atomic E-state index is 13.7. The minimum Gasteiger partial charge on any atom is -0.305 e. The molecule has 0 saturated heterocycles. The van der Waals surface area contributed by atoms with E-state index in [-0.39, 0.29) is 25.9 Å². The fourth-order valence-corrected chi connectivity index (χ4v) is 8.11. The van der Waals surface area contributed by atoms with Crippen LogP contribution in [0.2, 0.25) is 19.6 Å². The molecule has 0 aliphatic heterocycles. The second kappa shape index (κ2) is 14.1. The number of benzene rings is 4. The van der Waals surface area contributed by atoms with Crippen LogP contribution < -0.4 is 5.19 Å². The van der Waals surface area contributed by atoms with Gasteiger partial charge in [-0.05, 0) is 87.9 Å². The Balaban J connectivity index is 0.000000204. The maximum atomic E-state index is 13.7. The number of pyridine rings is 2. The molecule has 2 nitrogen and oxygen atoms in total. The quantitative estimate of drug-likeness (QED) is 0.130. The van der Waals surface area contributed by atoms with Crippen LogP contribution in [0.15, 0.2) is 97.3 Å². The molecule has 0 amide bonds. The van der Waals surface area contributed by atoms with Gasteiger partial charge >= 0.3 is 0 Å². The van der Waals surface area contributed by atoms with Gasteiger partial charge in [-0.2, -0.15) is 11.3 Å². The summed E-state index contributed by atoms with van der Waals surface area (Å²) in [6.07, 6.45) is 3.79. The first-order chi connectivity index (χ1) is 23.2.